The smallest absolute Gasteiger partial charge is 0.0223 e. The summed E-state index contributed by atoms with van der Waals surface area (Å²) < 4.78 is 0. The van der Waals surface area contributed by atoms with Crippen LogP contribution in [-0.2, 0) is 0 Å². The Morgan fingerprint density at radius 3 is 2.20 bits per heavy atom. The molecule has 0 nitrogen and oxygen atoms in total. The zero-order valence-corrected chi connectivity index (χ0v) is 8.12. The van der Waals surface area contributed by atoms with Gasteiger partial charge in [0.25, 0.3) is 0 Å². The molecule has 10 heavy (non-hydrogen) atoms. The summed E-state index contributed by atoms with van der Waals surface area (Å²) in [5, 5.41) is 0. The number of rotatable bonds is 5. The molecule has 0 saturated carbocycles. The molecular formula is C9H19Cl. The molecule has 0 heterocycles. The van der Waals surface area contributed by atoms with Crippen molar-refractivity contribution in [2.45, 2.75) is 40.0 Å². The average Bonchev–Trinajstić information content (AvgIpc) is 1.98. The first kappa shape index (κ1) is 10.3. The lowest BCUT2D eigenvalue weighted by Gasteiger charge is -2.16. The first-order valence-electron chi connectivity index (χ1n) is 4.28. The van der Waals surface area contributed by atoms with Crippen molar-refractivity contribution in [3.8, 4) is 0 Å². The number of hydrogen-bond acceptors (Lipinski definition) is 0. The number of halogens is 1. The van der Waals surface area contributed by atoms with Crippen LogP contribution < -0.4 is 0 Å². The molecule has 0 aromatic rings. The summed E-state index contributed by atoms with van der Waals surface area (Å²) in [6.07, 6.45) is 3.76. The molecule has 0 N–H and O–H groups in total. The molecule has 1 heteroatoms. The van der Waals surface area contributed by atoms with Gasteiger partial charge in [-0.25, -0.2) is 0 Å². The van der Waals surface area contributed by atoms with Gasteiger partial charge < -0.3 is 0 Å². The number of alkyl halides is 1. The van der Waals surface area contributed by atoms with E-state index in [1.165, 1.54) is 19.3 Å². The van der Waals surface area contributed by atoms with Gasteiger partial charge in [-0.15, -0.1) is 11.6 Å². The highest BCUT2D eigenvalue weighted by Crippen LogP contribution is 2.19. The predicted molar refractivity (Wildman–Crippen MR) is 48.6 cm³/mol. The van der Waals surface area contributed by atoms with Gasteiger partial charge in [-0.05, 0) is 24.7 Å². The second-order valence-corrected chi connectivity index (χ2v) is 3.57. The Bertz CT molecular complexity index is 71.1. The van der Waals surface area contributed by atoms with E-state index in [0.29, 0.717) is 0 Å². The molecule has 0 aromatic heterocycles. The molecule has 0 rings (SSSR count). The SMILES string of the molecule is CCC(C)C(C)CCCCl. The van der Waals surface area contributed by atoms with E-state index in [2.05, 4.69) is 20.8 Å². The van der Waals surface area contributed by atoms with Gasteiger partial charge in [0.2, 0.25) is 0 Å². The molecule has 0 amide bonds. The summed E-state index contributed by atoms with van der Waals surface area (Å²) in [6.45, 7) is 6.89. The zero-order chi connectivity index (χ0) is 7.98. The van der Waals surface area contributed by atoms with E-state index in [0.717, 1.165) is 17.7 Å². The van der Waals surface area contributed by atoms with Gasteiger partial charge >= 0.3 is 0 Å². The highest BCUT2D eigenvalue weighted by Gasteiger charge is 2.08. The van der Waals surface area contributed by atoms with Crippen molar-refractivity contribution in [2.75, 3.05) is 5.88 Å². The second kappa shape index (κ2) is 6.03. The van der Waals surface area contributed by atoms with Gasteiger partial charge in [-0.2, -0.15) is 0 Å². The summed E-state index contributed by atoms with van der Waals surface area (Å²) in [4.78, 5) is 0. The van der Waals surface area contributed by atoms with Crippen LogP contribution in [0.1, 0.15) is 40.0 Å². The fourth-order valence-corrected chi connectivity index (χ4v) is 1.24. The molecule has 0 spiro atoms. The van der Waals surface area contributed by atoms with E-state index >= 15 is 0 Å². The third kappa shape index (κ3) is 4.16. The third-order valence-electron chi connectivity index (χ3n) is 2.41. The summed E-state index contributed by atoms with van der Waals surface area (Å²) in [7, 11) is 0. The van der Waals surface area contributed by atoms with E-state index in [1.54, 1.807) is 0 Å². The highest BCUT2D eigenvalue weighted by atomic mass is 35.5. The molecule has 0 bridgehead atoms. The molecule has 0 aliphatic rings. The molecule has 0 fully saturated rings. The second-order valence-electron chi connectivity index (χ2n) is 3.19. The van der Waals surface area contributed by atoms with Crippen molar-refractivity contribution < 1.29 is 0 Å². The van der Waals surface area contributed by atoms with Crippen molar-refractivity contribution in [2.24, 2.45) is 11.8 Å². The van der Waals surface area contributed by atoms with Crippen molar-refractivity contribution in [3.63, 3.8) is 0 Å². The molecule has 0 aliphatic heterocycles. The molecule has 0 aliphatic carbocycles. The van der Waals surface area contributed by atoms with Gasteiger partial charge in [0.1, 0.15) is 0 Å². The number of hydrogen-bond donors (Lipinski definition) is 0. The third-order valence-corrected chi connectivity index (χ3v) is 2.68. The Labute approximate surface area is 70.0 Å². The highest BCUT2D eigenvalue weighted by molar-refractivity contribution is 6.17. The molecule has 62 valence electrons. The molecule has 2 atom stereocenters. The average molecular weight is 163 g/mol. The topological polar surface area (TPSA) is 0 Å². The first-order valence-corrected chi connectivity index (χ1v) is 4.81. The van der Waals surface area contributed by atoms with E-state index in [4.69, 9.17) is 11.6 Å². The van der Waals surface area contributed by atoms with E-state index in [9.17, 15) is 0 Å². The molecule has 0 aromatic carbocycles. The molecule has 0 radical (unpaired) electrons. The van der Waals surface area contributed by atoms with Gasteiger partial charge in [-0.1, -0.05) is 27.2 Å². The van der Waals surface area contributed by atoms with E-state index in [1.807, 2.05) is 0 Å². The summed E-state index contributed by atoms with van der Waals surface area (Å²) >= 11 is 5.59. The van der Waals surface area contributed by atoms with Crippen LogP contribution in [0.5, 0.6) is 0 Å². The predicted octanol–water partition coefficient (Wildman–Crippen LogP) is 3.69. The Hall–Kier alpha value is 0.290. The quantitative estimate of drug-likeness (QED) is 0.541. The maximum Gasteiger partial charge on any atom is 0.0223 e. The molecular weight excluding hydrogens is 144 g/mol. The lowest BCUT2D eigenvalue weighted by molar-refractivity contribution is 0.353. The van der Waals surface area contributed by atoms with Crippen molar-refractivity contribution >= 4 is 11.6 Å². The van der Waals surface area contributed by atoms with Crippen molar-refractivity contribution in [1.29, 1.82) is 0 Å². The minimum Gasteiger partial charge on any atom is -0.127 e. The molecule has 2 unspecified atom stereocenters. The normalized spacial score (nSPS) is 16.8. The van der Waals surface area contributed by atoms with Crippen molar-refractivity contribution in [1.82, 2.24) is 0 Å². The maximum absolute atomic E-state index is 5.59. The fraction of sp³-hybridized carbons (Fsp3) is 1.00. The lowest BCUT2D eigenvalue weighted by Crippen LogP contribution is -2.06. The van der Waals surface area contributed by atoms with Crippen molar-refractivity contribution in [3.05, 3.63) is 0 Å². The lowest BCUT2D eigenvalue weighted by atomic mass is 9.90. The first-order chi connectivity index (χ1) is 4.72. The van der Waals surface area contributed by atoms with Crippen LogP contribution in [0.2, 0.25) is 0 Å². The fourth-order valence-electron chi connectivity index (χ4n) is 1.09. The molecule has 0 saturated heterocycles. The van der Waals surface area contributed by atoms with Crippen LogP contribution in [0.3, 0.4) is 0 Å². The van der Waals surface area contributed by atoms with E-state index < -0.39 is 0 Å². The van der Waals surface area contributed by atoms with Gasteiger partial charge in [0.15, 0.2) is 0 Å². The Kier molecular flexibility index (Phi) is 6.20. The Balaban J connectivity index is 3.31. The Morgan fingerprint density at radius 1 is 1.20 bits per heavy atom. The zero-order valence-electron chi connectivity index (χ0n) is 7.36. The van der Waals surface area contributed by atoms with Crippen LogP contribution in [0.25, 0.3) is 0 Å². The Morgan fingerprint density at radius 2 is 1.80 bits per heavy atom. The van der Waals surface area contributed by atoms with Crippen LogP contribution in [0.4, 0.5) is 0 Å². The summed E-state index contributed by atoms with van der Waals surface area (Å²) in [5.41, 5.74) is 0. The van der Waals surface area contributed by atoms with Gasteiger partial charge in [0.05, 0.1) is 0 Å². The standard InChI is InChI=1S/C9H19Cl/c1-4-8(2)9(3)6-5-7-10/h8-9H,4-7H2,1-3H3. The summed E-state index contributed by atoms with van der Waals surface area (Å²) in [6, 6.07) is 0. The van der Waals surface area contributed by atoms with Crippen LogP contribution >= 0.6 is 11.6 Å². The minimum atomic E-state index is 0.820. The van der Waals surface area contributed by atoms with Crippen LogP contribution in [-0.4, -0.2) is 5.88 Å². The summed E-state index contributed by atoms with van der Waals surface area (Å²) in [5.74, 6) is 2.53. The maximum atomic E-state index is 5.59. The van der Waals surface area contributed by atoms with Crippen LogP contribution in [0.15, 0.2) is 0 Å². The largest absolute Gasteiger partial charge is 0.127 e. The van der Waals surface area contributed by atoms with Crippen LogP contribution in [0, 0.1) is 11.8 Å². The van der Waals surface area contributed by atoms with E-state index in [-0.39, 0.29) is 0 Å². The van der Waals surface area contributed by atoms with Gasteiger partial charge in [-0.3, -0.25) is 0 Å². The minimum absolute atomic E-state index is 0.820. The monoisotopic (exact) mass is 162 g/mol. The van der Waals surface area contributed by atoms with Gasteiger partial charge in [0, 0.05) is 5.88 Å².